The molecule has 1 aromatic carbocycles. The molecule has 0 amide bonds. The average Bonchev–Trinajstić information content (AvgIpc) is 3.17. The number of imidazole rings is 1. The molecule has 6 heteroatoms. The van der Waals surface area contributed by atoms with Gasteiger partial charge in [0.2, 0.25) is 5.65 Å². The van der Waals surface area contributed by atoms with Crippen LogP contribution in [0, 0.1) is 5.82 Å². The van der Waals surface area contributed by atoms with E-state index < -0.39 is 0 Å². The van der Waals surface area contributed by atoms with Crippen molar-refractivity contribution in [2.45, 2.75) is 0 Å². The first-order valence-corrected chi connectivity index (χ1v) is 7.50. The van der Waals surface area contributed by atoms with Crippen molar-refractivity contribution in [3.05, 3.63) is 76.5 Å². The number of rotatable bonds is 2. The van der Waals surface area contributed by atoms with Crippen LogP contribution in [0.15, 0.2) is 65.2 Å². The number of hydrogen-bond donors (Lipinski definition) is 0. The van der Waals surface area contributed by atoms with Gasteiger partial charge in [0.1, 0.15) is 5.82 Å². The first-order chi connectivity index (χ1) is 10.7. The van der Waals surface area contributed by atoms with E-state index in [1.165, 1.54) is 16.7 Å². The molecule has 4 rings (SSSR count). The number of halogens is 1. The average molecular weight is 311 g/mol. The van der Waals surface area contributed by atoms with Crippen molar-refractivity contribution in [1.82, 2.24) is 14.0 Å². The highest BCUT2D eigenvalue weighted by molar-refractivity contribution is 7.13. The highest BCUT2D eigenvalue weighted by Gasteiger charge is 2.11. The fourth-order valence-corrected chi connectivity index (χ4v) is 3.03. The number of aromatic nitrogens is 3. The van der Waals surface area contributed by atoms with Crippen LogP contribution < -0.4 is 5.56 Å². The van der Waals surface area contributed by atoms with Crippen molar-refractivity contribution >= 4 is 17.0 Å². The predicted molar refractivity (Wildman–Crippen MR) is 84.1 cm³/mol. The van der Waals surface area contributed by atoms with Gasteiger partial charge in [0.05, 0.1) is 16.3 Å². The molecule has 22 heavy (non-hydrogen) atoms. The first-order valence-electron chi connectivity index (χ1n) is 6.62. The Kier molecular flexibility index (Phi) is 2.90. The summed E-state index contributed by atoms with van der Waals surface area (Å²) < 4.78 is 16.4. The number of fused-ring (bicyclic) bond motifs is 1. The lowest BCUT2D eigenvalue weighted by Gasteiger charge is -2.05. The fourth-order valence-electron chi connectivity index (χ4n) is 2.35. The Labute approximate surface area is 128 Å². The van der Waals surface area contributed by atoms with E-state index in [9.17, 15) is 9.18 Å². The summed E-state index contributed by atoms with van der Waals surface area (Å²) in [6.07, 6.45) is 5.17. The Balaban J connectivity index is 1.92. The topological polar surface area (TPSA) is 39.3 Å². The predicted octanol–water partition coefficient (Wildman–Crippen LogP) is 3.35. The Morgan fingerprint density at radius 2 is 2.05 bits per heavy atom. The zero-order valence-corrected chi connectivity index (χ0v) is 12.1. The van der Waals surface area contributed by atoms with Crippen molar-refractivity contribution in [2.24, 2.45) is 0 Å². The van der Waals surface area contributed by atoms with Crippen LogP contribution in [0.2, 0.25) is 0 Å². The van der Waals surface area contributed by atoms with Gasteiger partial charge in [0.25, 0.3) is 5.56 Å². The largest absolute Gasteiger partial charge is 0.300 e. The highest BCUT2D eigenvalue weighted by Crippen LogP contribution is 2.23. The minimum absolute atomic E-state index is 0.282. The Morgan fingerprint density at radius 3 is 2.82 bits per heavy atom. The van der Waals surface area contributed by atoms with E-state index in [0.29, 0.717) is 11.3 Å². The summed E-state index contributed by atoms with van der Waals surface area (Å²) in [6.45, 7) is 0. The van der Waals surface area contributed by atoms with Crippen LogP contribution in [0.5, 0.6) is 0 Å². The van der Waals surface area contributed by atoms with E-state index in [1.807, 2.05) is 23.7 Å². The number of nitrogens with zero attached hydrogens (tertiary/aromatic N) is 3. The normalized spacial score (nSPS) is 11.1. The van der Waals surface area contributed by atoms with E-state index in [-0.39, 0.29) is 11.4 Å². The molecule has 3 aromatic heterocycles. The lowest BCUT2D eigenvalue weighted by Crippen LogP contribution is -2.20. The molecule has 0 atom stereocenters. The Morgan fingerprint density at radius 1 is 1.14 bits per heavy atom. The van der Waals surface area contributed by atoms with Crippen molar-refractivity contribution in [2.75, 3.05) is 0 Å². The van der Waals surface area contributed by atoms with Gasteiger partial charge in [-0.3, -0.25) is 9.36 Å². The van der Waals surface area contributed by atoms with Crippen LogP contribution in [-0.4, -0.2) is 14.0 Å². The summed E-state index contributed by atoms with van der Waals surface area (Å²) in [5, 5.41) is 1.96. The van der Waals surface area contributed by atoms with Crippen LogP contribution in [-0.2, 0) is 0 Å². The first kappa shape index (κ1) is 13.0. The maximum Gasteiger partial charge on any atom is 0.298 e. The molecule has 0 aliphatic carbocycles. The maximum atomic E-state index is 13.4. The van der Waals surface area contributed by atoms with Crippen molar-refractivity contribution in [3.63, 3.8) is 0 Å². The molecule has 0 bridgehead atoms. The molecule has 0 unspecified atom stereocenters. The zero-order chi connectivity index (χ0) is 15.1. The van der Waals surface area contributed by atoms with E-state index in [4.69, 9.17) is 0 Å². The molecular formula is C16H10FN3OS. The van der Waals surface area contributed by atoms with Crippen molar-refractivity contribution < 1.29 is 4.39 Å². The third kappa shape index (κ3) is 2.05. The minimum Gasteiger partial charge on any atom is -0.300 e. The summed E-state index contributed by atoms with van der Waals surface area (Å²) in [6, 6.07) is 9.82. The monoisotopic (exact) mass is 311 g/mol. The third-order valence-electron chi connectivity index (χ3n) is 3.38. The Bertz CT molecular complexity index is 1020. The molecule has 0 saturated heterocycles. The summed E-state index contributed by atoms with van der Waals surface area (Å²) >= 11 is 1.57. The van der Waals surface area contributed by atoms with Gasteiger partial charge in [0, 0.05) is 18.6 Å². The molecular weight excluding hydrogens is 301 g/mol. The van der Waals surface area contributed by atoms with Gasteiger partial charge in [-0.25, -0.2) is 9.37 Å². The number of benzene rings is 1. The van der Waals surface area contributed by atoms with Crippen LogP contribution in [0.25, 0.3) is 21.9 Å². The SMILES string of the molecule is O=c1c2nc(-c3cccs3)cn2ccn1-c1cccc(F)c1. The van der Waals surface area contributed by atoms with Gasteiger partial charge in [0.15, 0.2) is 0 Å². The van der Waals surface area contributed by atoms with Crippen molar-refractivity contribution in [1.29, 1.82) is 0 Å². The molecule has 4 nitrogen and oxygen atoms in total. The molecule has 3 heterocycles. The summed E-state index contributed by atoms with van der Waals surface area (Å²) in [5.41, 5.74) is 1.27. The van der Waals surface area contributed by atoms with Crippen LogP contribution >= 0.6 is 11.3 Å². The molecule has 0 saturated carbocycles. The molecule has 0 N–H and O–H groups in total. The van der Waals surface area contributed by atoms with E-state index in [1.54, 1.807) is 40.3 Å². The van der Waals surface area contributed by atoms with Gasteiger partial charge in [-0.05, 0) is 29.6 Å². The molecule has 108 valence electrons. The standard InChI is InChI=1S/C16H10FN3OS/c17-11-3-1-4-12(9-11)20-7-6-19-10-13(14-5-2-8-22-14)18-15(19)16(20)21/h1-10H. The molecule has 0 fully saturated rings. The van der Waals surface area contributed by atoms with E-state index >= 15 is 0 Å². The maximum absolute atomic E-state index is 13.4. The summed E-state index contributed by atoms with van der Waals surface area (Å²) in [5.74, 6) is -0.383. The van der Waals surface area contributed by atoms with Gasteiger partial charge in [-0.2, -0.15) is 0 Å². The quantitative estimate of drug-likeness (QED) is 0.569. The van der Waals surface area contributed by atoms with Crippen LogP contribution in [0.4, 0.5) is 4.39 Å². The van der Waals surface area contributed by atoms with Gasteiger partial charge in [-0.15, -0.1) is 11.3 Å². The summed E-state index contributed by atoms with van der Waals surface area (Å²) in [4.78, 5) is 18.0. The Hall–Kier alpha value is -2.73. The number of hydrogen-bond acceptors (Lipinski definition) is 3. The van der Waals surface area contributed by atoms with Crippen molar-refractivity contribution in [3.8, 4) is 16.3 Å². The summed E-state index contributed by atoms with van der Waals surface area (Å²) in [7, 11) is 0. The van der Waals surface area contributed by atoms with E-state index in [0.717, 1.165) is 10.6 Å². The third-order valence-corrected chi connectivity index (χ3v) is 4.27. The molecule has 0 radical (unpaired) electrons. The molecule has 4 aromatic rings. The molecule has 0 spiro atoms. The highest BCUT2D eigenvalue weighted by atomic mass is 32.1. The van der Waals surface area contributed by atoms with Gasteiger partial charge >= 0.3 is 0 Å². The number of thiophene rings is 1. The van der Waals surface area contributed by atoms with Gasteiger partial charge in [-0.1, -0.05) is 12.1 Å². The second-order valence-corrected chi connectivity index (χ2v) is 5.74. The van der Waals surface area contributed by atoms with Gasteiger partial charge < -0.3 is 4.40 Å². The molecule has 0 aliphatic heterocycles. The second-order valence-electron chi connectivity index (χ2n) is 4.79. The lowest BCUT2D eigenvalue weighted by atomic mass is 10.3. The molecule has 0 aliphatic rings. The fraction of sp³-hybridized carbons (Fsp3) is 0. The minimum atomic E-state index is -0.383. The smallest absolute Gasteiger partial charge is 0.298 e. The lowest BCUT2D eigenvalue weighted by molar-refractivity contribution is 0.626. The van der Waals surface area contributed by atoms with Crippen LogP contribution in [0.1, 0.15) is 0 Å². The zero-order valence-electron chi connectivity index (χ0n) is 11.3. The van der Waals surface area contributed by atoms with E-state index in [2.05, 4.69) is 4.98 Å². The second kappa shape index (κ2) is 4.92. The van der Waals surface area contributed by atoms with Crippen LogP contribution in [0.3, 0.4) is 0 Å².